The van der Waals surface area contributed by atoms with Gasteiger partial charge in [-0.2, -0.15) is 0 Å². The number of nitrogens with two attached hydrogens (primary N) is 1. The van der Waals surface area contributed by atoms with Crippen LogP contribution in [-0.4, -0.2) is 33.8 Å². The fourth-order valence-corrected chi connectivity index (χ4v) is 2.05. The molecule has 0 aliphatic carbocycles. The third kappa shape index (κ3) is 2.77. The standard InChI is InChI=1S/C15H19N5/c1-3-20(4-2)15(17)14-13(18-9-10-19-14)11-5-7-12(16)8-6-11/h5-10,17H,3-4,16H2,1-2H3. The predicted octanol–water partition coefficient (Wildman–Crippen LogP) is 2.39. The molecule has 0 amide bonds. The van der Waals surface area contributed by atoms with E-state index in [1.807, 2.05) is 43.0 Å². The first-order valence-electron chi connectivity index (χ1n) is 6.68. The van der Waals surface area contributed by atoms with Crippen molar-refractivity contribution in [1.29, 1.82) is 5.41 Å². The lowest BCUT2D eigenvalue weighted by Gasteiger charge is -2.22. The van der Waals surface area contributed by atoms with Crippen molar-refractivity contribution in [2.24, 2.45) is 0 Å². The fraction of sp³-hybridized carbons (Fsp3) is 0.267. The highest BCUT2D eigenvalue weighted by molar-refractivity contribution is 5.99. The molecular weight excluding hydrogens is 250 g/mol. The molecular formula is C15H19N5. The van der Waals surface area contributed by atoms with E-state index in [0.717, 1.165) is 18.7 Å². The van der Waals surface area contributed by atoms with Crippen molar-refractivity contribution in [2.45, 2.75) is 13.8 Å². The summed E-state index contributed by atoms with van der Waals surface area (Å²) in [6.45, 7) is 5.59. The van der Waals surface area contributed by atoms with E-state index in [2.05, 4.69) is 9.97 Å². The second-order valence-electron chi connectivity index (χ2n) is 4.40. The summed E-state index contributed by atoms with van der Waals surface area (Å²) >= 11 is 0. The SMILES string of the molecule is CCN(CC)C(=N)c1nccnc1-c1ccc(N)cc1. The molecule has 0 radical (unpaired) electrons. The fourth-order valence-electron chi connectivity index (χ4n) is 2.05. The van der Waals surface area contributed by atoms with Crippen LogP contribution in [0.5, 0.6) is 0 Å². The Morgan fingerprint density at radius 3 is 2.30 bits per heavy atom. The number of nitrogens with one attached hydrogen (secondary N) is 1. The van der Waals surface area contributed by atoms with Crippen molar-refractivity contribution >= 4 is 11.5 Å². The smallest absolute Gasteiger partial charge is 0.149 e. The van der Waals surface area contributed by atoms with E-state index in [4.69, 9.17) is 11.1 Å². The molecule has 5 nitrogen and oxygen atoms in total. The average Bonchev–Trinajstić information content (AvgIpc) is 2.49. The van der Waals surface area contributed by atoms with Crippen molar-refractivity contribution in [2.75, 3.05) is 18.8 Å². The summed E-state index contributed by atoms with van der Waals surface area (Å²) in [5, 5.41) is 8.32. The van der Waals surface area contributed by atoms with Gasteiger partial charge in [-0.15, -0.1) is 0 Å². The Balaban J connectivity index is 2.45. The number of amidine groups is 1. The summed E-state index contributed by atoms with van der Waals surface area (Å²) in [5.74, 6) is 0.398. The number of hydrogen-bond acceptors (Lipinski definition) is 4. The van der Waals surface area contributed by atoms with Gasteiger partial charge in [0.15, 0.2) is 0 Å². The van der Waals surface area contributed by atoms with E-state index >= 15 is 0 Å². The molecule has 104 valence electrons. The number of rotatable bonds is 4. The Morgan fingerprint density at radius 2 is 1.70 bits per heavy atom. The highest BCUT2D eigenvalue weighted by atomic mass is 15.2. The Bertz CT molecular complexity index is 587. The van der Waals surface area contributed by atoms with Crippen molar-refractivity contribution < 1.29 is 0 Å². The van der Waals surface area contributed by atoms with Gasteiger partial charge in [0.2, 0.25) is 0 Å². The molecule has 0 saturated carbocycles. The van der Waals surface area contributed by atoms with Gasteiger partial charge in [-0.1, -0.05) is 12.1 Å². The monoisotopic (exact) mass is 269 g/mol. The molecule has 5 heteroatoms. The molecule has 0 saturated heterocycles. The quantitative estimate of drug-likeness (QED) is 0.507. The van der Waals surface area contributed by atoms with Crippen molar-refractivity contribution in [3.63, 3.8) is 0 Å². The average molecular weight is 269 g/mol. The second-order valence-corrected chi connectivity index (χ2v) is 4.40. The maximum atomic E-state index is 8.32. The van der Waals surface area contributed by atoms with E-state index in [-0.39, 0.29) is 0 Å². The van der Waals surface area contributed by atoms with E-state index in [9.17, 15) is 0 Å². The number of anilines is 1. The van der Waals surface area contributed by atoms with Crippen LogP contribution in [0.15, 0.2) is 36.7 Å². The first kappa shape index (κ1) is 14.0. The minimum absolute atomic E-state index is 0.398. The molecule has 3 N–H and O–H groups in total. The summed E-state index contributed by atoms with van der Waals surface area (Å²) in [4.78, 5) is 10.7. The van der Waals surface area contributed by atoms with Crippen molar-refractivity contribution in [3.8, 4) is 11.3 Å². The molecule has 20 heavy (non-hydrogen) atoms. The zero-order valence-electron chi connectivity index (χ0n) is 11.8. The van der Waals surface area contributed by atoms with Crippen molar-refractivity contribution in [1.82, 2.24) is 14.9 Å². The van der Waals surface area contributed by atoms with Crippen LogP contribution in [0.25, 0.3) is 11.3 Å². The van der Waals surface area contributed by atoms with Gasteiger partial charge in [0.1, 0.15) is 11.5 Å². The van der Waals surface area contributed by atoms with Crippen LogP contribution in [0.1, 0.15) is 19.5 Å². The van der Waals surface area contributed by atoms with Gasteiger partial charge >= 0.3 is 0 Å². The maximum absolute atomic E-state index is 8.32. The third-order valence-corrected chi connectivity index (χ3v) is 3.19. The zero-order chi connectivity index (χ0) is 14.5. The number of benzene rings is 1. The Morgan fingerprint density at radius 1 is 1.10 bits per heavy atom. The van der Waals surface area contributed by atoms with Gasteiger partial charge in [-0.25, -0.2) is 4.98 Å². The summed E-state index contributed by atoms with van der Waals surface area (Å²) < 4.78 is 0. The van der Waals surface area contributed by atoms with Crippen LogP contribution in [-0.2, 0) is 0 Å². The lowest BCUT2D eigenvalue weighted by molar-refractivity contribution is 0.462. The topological polar surface area (TPSA) is 78.9 Å². The van der Waals surface area contributed by atoms with E-state index in [0.29, 0.717) is 22.9 Å². The molecule has 0 aliphatic rings. The summed E-state index contributed by atoms with van der Waals surface area (Å²) in [6, 6.07) is 7.46. The van der Waals surface area contributed by atoms with E-state index in [1.165, 1.54) is 0 Å². The summed E-state index contributed by atoms with van der Waals surface area (Å²) in [7, 11) is 0. The van der Waals surface area contributed by atoms with Gasteiger partial charge in [-0.3, -0.25) is 10.4 Å². The van der Waals surface area contributed by atoms with Gasteiger partial charge < -0.3 is 10.6 Å². The van der Waals surface area contributed by atoms with Crippen molar-refractivity contribution in [3.05, 3.63) is 42.4 Å². The molecule has 0 fully saturated rings. The molecule has 0 bridgehead atoms. The molecule has 1 aromatic carbocycles. The minimum Gasteiger partial charge on any atom is -0.399 e. The molecule has 1 heterocycles. The van der Waals surface area contributed by atoms with Crippen LogP contribution in [0.4, 0.5) is 5.69 Å². The molecule has 1 aromatic heterocycles. The first-order chi connectivity index (χ1) is 9.67. The highest BCUT2D eigenvalue weighted by Gasteiger charge is 2.16. The summed E-state index contributed by atoms with van der Waals surface area (Å²) in [6.07, 6.45) is 3.26. The second kappa shape index (κ2) is 6.14. The van der Waals surface area contributed by atoms with Crippen LogP contribution in [0.3, 0.4) is 0 Å². The van der Waals surface area contributed by atoms with Gasteiger partial charge in [-0.05, 0) is 26.0 Å². The normalized spacial score (nSPS) is 10.3. The Kier molecular flexibility index (Phi) is 4.30. The van der Waals surface area contributed by atoms with Gasteiger partial charge in [0.05, 0.1) is 5.69 Å². The van der Waals surface area contributed by atoms with Crippen LogP contribution < -0.4 is 5.73 Å². The Labute approximate surface area is 119 Å². The van der Waals surface area contributed by atoms with E-state index < -0.39 is 0 Å². The first-order valence-corrected chi connectivity index (χ1v) is 6.68. The maximum Gasteiger partial charge on any atom is 0.149 e. The van der Waals surface area contributed by atoms with Gasteiger partial charge in [0, 0.05) is 36.7 Å². The number of nitrogen functional groups attached to an aromatic ring is 1. The zero-order valence-corrected chi connectivity index (χ0v) is 11.8. The molecule has 0 atom stereocenters. The number of nitrogens with zero attached hydrogens (tertiary/aromatic N) is 3. The molecule has 2 rings (SSSR count). The lowest BCUT2D eigenvalue weighted by atomic mass is 10.1. The summed E-state index contributed by atoms with van der Waals surface area (Å²) in [5.41, 5.74) is 8.64. The molecule has 0 unspecified atom stereocenters. The molecule has 0 aliphatic heterocycles. The van der Waals surface area contributed by atoms with Gasteiger partial charge in [0.25, 0.3) is 0 Å². The van der Waals surface area contributed by atoms with Crippen LogP contribution in [0, 0.1) is 5.41 Å². The highest BCUT2D eigenvalue weighted by Crippen LogP contribution is 2.21. The van der Waals surface area contributed by atoms with Crippen LogP contribution in [0.2, 0.25) is 0 Å². The minimum atomic E-state index is 0.398. The van der Waals surface area contributed by atoms with Crippen LogP contribution >= 0.6 is 0 Å². The Hall–Kier alpha value is -2.43. The number of hydrogen-bond donors (Lipinski definition) is 2. The largest absolute Gasteiger partial charge is 0.399 e. The molecule has 2 aromatic rings. The molecule has 0 spiro atoms. The lowest BCUT2D eigenvalue weighted by Crippen LogP contribution is -2.31. The predicted molar refractivity (Wildman–Crippen MR) is 81.6 cm³/mol. The third-order valence-electron chi connectivity index (χ3n) is 3.19. The number of aromatic nitrogens is 2. The van der Waals surface area contributed by atoms with E-state index in [1.54, 1.807) is 12.4 Å².